The summed E-state index contributed by atoms with van der Waals surface area (Å²) >= 11 is 0. The van der Waals surface area contributed by atoms with Crippen LogP contribution in [0.1, 0.15) is 30.9 Å². The fourth-order valence-electron chi connectivity index (χ4n) is 1.66. The van der Waals surface area contributed by atoms with Gasteiger partial charge in [0, 0.05) is 12.4 Å². The van der Waals surface area contributed by atoms with Crippen molar-refractivity contribution < 1.29 is 14.7 Å². The van der Waals surface area contributed by atoms with Gasteiger partial charge in [-0.25, -0.2) is 4.79 Å². The average Bonchev–Trinajstić information content (AvgIpc) is 2.31. The lowest BCUT2D eigenvalue weighted by atomic mass is 10.1. The van der Waals surface area contributed by atoms with E-state index in [4.69, 9.17) is 5.11 Å². The van der Waals surface area contributed by atoms with Crippen molar-refractivity contribution in [3.05, 3.63) is 29.6 Å². The van der Waals surface area contributed by atoms with E-state index in [1.807, 2.05) is 13.8 Å². The Morgan fingerprint density at radius 1 is 1.50 bits per heavy atom. The Labute approximate surface area is 106 Å². The molecular formula is C13H18N2O3. The first-order valence-corrected chi connectivity index (χ1v) is 5.96. The predicted molar refractivity (Wildman–Crippen MR) is 67.2 cm³/mol. The molecule has 1 aromatic rings. The molecule has 5 heteroatoms. The highest BCUT2D eigenvalue weighted by atomic mass is 16.4. The number of carboxylic acid groups (broad SMARTS) is 1. The molecule has 98 valence electrons. The second-order valence-corrected chi connectivity index (χ2v) is 4.23. The third kappa shape index (κ3) is 4.16. The van der Waals surface area contributed by atoms with Crippen molar-refractivity contribution in [3.63, 3.8) is 0 Å². The van der Waals surface area contributed by atoms with Gasteiger partial charge in [0.05, 0.1) is 6.42 Å². The molecule has 1 aromatic heterocycles. The number of nitrogens with zero attached hydrogens (tertiary/aromatic N) is 1. The smallest absolute Gasteiger partial charge is 0.326 e. The Balaban J connectivity index is 2.61. The van der Waals surface area contributed by atoms with Crippen molar-refractivity contribution in [2.24, 2.45) is 0 Å². The van der Waals surface area contributed by atoms with E-state index in [0.717, 1.165) is 11.1 Å². The summed E-state index contributed by atoms with van der Waals surface area (Å²) in [5.41, 5.74) is 1.79. The van der Waals surface area contributed by atoms with E-state index in [0.29, 0.717) is 12.8 Å². The first-order valence-electron chi connectivity index (χ1n) is 5.96. The molecule has 1 rings (SSSR count). The third-order valence-electron chi connectivity index (χ3n) is 2.70. The van der Waals surface area contributed by atoms with Crippen molar-refractivity contribution in [2.75, 3.05) is 0 Å². The molecule has 0 aliphatic heterocycles. The number of hydrogen-bond donors (Lipinski definition) is 2. The summed E-state index contributed by atoms with van der Waals surface area (Å²) in [5.74, 6) is -1.26. The minimum Gasteiger partial charge on any atom is -0.480 e. The molecular weight excluding hydrogens is 232 g/mol. The highest BCUT2D eigenvalue weighted by molar-refractivity contribution is 5.84. The van der Waals surface area contributed by atoms with Crippen LogP contribution in [-0.2, 0) is 16.0 Å². The standard InChI is InChI=1S/C13H18N2O3/c1-3-4-11(13(17)18)15-12(16)7-10-5-6-14-8-9(10)2/h5-6,8,11H,3-4,7H2,1-2H3,(H,15,16)(H,17,18). The van der Waals surface area contributed by atoms with Crippen LogP contribution in [0, 0.1) is 6.92 Å². The maximum atomic E-state index is 11.8. The van der Waals surface area contributed by atoms with Crippen LogP contribution in [0.3, 0.4) is 0 Å². The zero-order valence-corrected chi connectivity index (χ0v) is 10.6. The lowest BCUT2D eigenvalue weighted by Crippen LogP contribution is -2.41. The van der Waals surface area contributed by atoms with Crippen molar-refractivity contribution in [3.8, 4) is 0 Å². The van der Waals surface area contributed by atoms with E-state index in [1.165, 1.54) is 0 Å². The molecule has 1 amide bonds. The summed E-state index contributed by atoms with van der Waals surface area (Å²) in [5, 5.41) is 11.5. The van der Waals surface area contributed by atoms with Crippen molar-refractivity contribution in [1.82, 2.24) is 10.3 Å². The van der Waals surface area contributed by atoms with E-state index in [1.54, 1.807) is 18.5 Å². The zero-order chi connectivity index (χ0) is 13.5. The molecule has 1 heterocycles. The van der Waals surface area contributed by atoms with Gasteiger partial charge in [-0.1, -0.05) is 13.3 Å². The number of carbonyl (C=O) groups is 2. The minimum atomic E-state index is -0.989. The van der Waals surface area contributed by atoms with E-state index < -0.39 is 12.0 Å². The molecule has 18 heavy (non-hydrogen) atoms. The normalized spacial score (nSPS) is 11.9. The van der Waals surface area contributed by atoms with Crippen LogP contribution in [0.25, 0.3) is 0 Å². The largest absolute Gasteiger partial charge is 0.480 e. The second-order valence-electron chi connectivity index (χ2n) is 4.23. The van der Waals surface area contributed by atoms with E-state index in [2.05, 4.69) is 10.3 Å². The van der Waals surface area contributed by atoms with Gasteiger partial charge in [-0.15, -0.1) is 0 Å². The number of rotatable bonds is 6. The van der Waals surface area contributed by atoms with E-state index in [9.17, 15) is 9.59 Å². The Kier molecular flexibility index (Phi) is 5.30. The van der Waals surface area contributed by atoms with Gasteiger partial charge in [-0.3, -0.25) is 9.78 Å². The second kappa shape index (κ2) is 6.74. The number of pyridine rings is 1. The molecule has 0 aromatic carbocycles. The highest BCUT2D eigenvalue weighted by Crippen LogP contribution is 2.06. The first-order chi connectivity index (χ1) is 8.54. The monoisotopic (exact) mass is 250 g/mol. The van der Waals surface area contributed by atoms with E-state index >= 15 is 0 Å². The van der Waals surface area contributed by atoms with Gasteiger partial charge >= 0.3 is 5.97 Å². The first kappa shape index (κ1) is 14.2. The number of aryl methyl sites for hydroxylation is 1. The van der Waals surface area contributed by atoms with Gasteiger partial charge in [-0.2, -0.15) is 0 Å². The fraction of sp³-hybridized carbons (Fsp3) is 0.462. The van der Waals surface area contributed by atoms with Crippen LogP contribution in [0.4, 0.5) is 0 Å². The van der Waals surface area contributed by atoms with E-state index in [-0.39, 0.29) is 12.3 Å². The molecule has 0 aliphatic carbocycles. The molecule has 0 bridgehead atoms. The Morgan fingerprint density at radius 2 is 2.22 bits per heavy atom. The van der Waals surface area contributed by atoms with Crippen LogP contribution in [0.15, 0.2) is 18.5 Å². The van der Waals surface area contributed by atoms with Crippen molar-refractivity contribution in [2.45, 2.75) is 39.2 Å². The SMILES string of the molecule is CCCC(NC(=O)Cc1ccncc1C)C(=O)O. The van der Waals surface area contributed by atoms with Crippen molar-refractivity contribution >= 4 is 11.9 Å². The van der Waals surface area contributed by atoms with Gasteiger partial charge in [0.1, 0.15) is 6.04 Å². The maximum absolute atomic E-state index is 11.8. The molecule has 0 spiro atoms. The molecule has 0 saturated carbocycles. The van der Waals surface area contributed by atoms with Gasteiger partial charge in [-0.05, 0) is 30.5 Å². The molecule has 1 unspecified atom stereocenters. The lowest BCUT2D eigenvalue weighted by Gasteiger charge is -2.13. The molecule has 2 N–H and O–H groups in total. The number of amides is 1. The van der Waals surface area contributed by atoms with Crippen LogP contribution < -0.4 is 5.32 Å². The molecule has 0 radical (unpaired) electrons. The summed E-state index contributed by atoms with van der Waals surface area (Å²) in [4.78, 5) is 26.6. The molecule has 0 aliphatic rings. The number of carbonyl (C=O) groups excluding carboxylic acids is 1. The van der Waals surface area contributed by atoms with Gasteiger partial charge in [0.15, 0.2) is 0 Å². The molecule has 5 nitrogen and oxygen atoms in total. The molecule has 1 atom stereocenters. The number of carboxylic acids is 1. The lowest BCUT2D eigenvalue weighted by molar-refractivity contribution is -0.141. The zero-order valence-electron chi connectivity index (χ0n) is 10.6. The van der Waals surface area contributed by atoms with Crippen LogP contribution >= 0.6 is 0 Å². The summed E-state index contributed by atoms with van der Waals surface area (Å²) in [6.45, 7) is 3.76. The predicted octanol–water partition coefficient (Wildman–Crippen LogP) is 1.30. The Hall–Kier alpha value is -1.91. The Bertz CT molecular complexity index is 432. The quantitative estimate of drug-likeness (QED) is 0.797. The van der Waals surface area contributed by atoms with Crippen LogP contribution in [0.5, 0.6) is 0 Å². The van der Waals surface area contributed by atoms with Crippen LogP contribution in [-0.4, -0.2) is 28.0 Å². The Morgan fingerprint density at radius 3 is 2.78 bits per heavy atom. The summed E-state index contributed by atoms with van der Waals surface area (Å²) in [6.07, 6.45) is 4.64. The fourth-order valence-corrected chi connectivity index (χ4v) is 1.66. The van der Waals surface area contributed by atoms with Gasteiger partial charge < -0.3 is 10.4 Å². The summed E-state index contributed by atoms with van der Waals surface area (Å²) in [6, 6.07) is 0.967. The molecule has 0 saturated heterocycles. The number of aromatic nitrogens is 1. The summed E-state index contributed by atoms with van der Waals surface area (Å²) < 4.78 is 0. The minimum absolute atomic E-state index is 0.182. The van der Waals surface area contributed by atoms with Crippen LogP contribution in [0.2, 0.25) is 0 Å². The maximum Gasteiger partial charge on any atom is 0.326 e. The number of aliphatic carboxylic acids is 1. The van der Waals surface area contributed by atoms with Crippen molar-refractivity contribution in [1.29, 1.82) is 0 Å². The summed E-state index contributed by atoms with van der Waals surface area (Å²) in [7, 11) is 0. The average molecular weight is 250 g/mol. The number of hydrogen-bond acceptors (Lipinski definition) is 3. The molecule has 0 fully saturated rings. The van der Waals surface area contributed by atoms with Gasteiger partial charge in [0.25, 0.3) is 0 Å². The number of nitrogens with one attached hydrogen (secondary N) is 1. The van der Waals surface area contributed by atoms with Gasteiger partial charge in [0.2, 0.25) is 5.91 Å². The third-order valence-corrected chi connectivity index (χ3v) is 2.70. The highest BCUT2D eigenvalue weighted by Gasteiger charge is 2.18. The topological polar surface area (TPSA) is 79.3 Å².